The zero-order chi connectivity index (χ0) is 7.28. The van der Waals surface area contributed by atoms with Gasteiger partial charge in [0.1, 0.15) is 5.17 Å². The Hall–Kier alpha value is -0.560. The fourth-order valence-corrected chi connectivity index (χ4v) is 0.506. The van der Waals surface area contributed by atoms with E-state index < -0.39 is 0 Å². The number of rotatable bonds is 1. The van der Waals surface area contributed by atoms with Gasteiger partial charge >= 0.3 is 0 Å². The molecule has 0 fully saturated rings. The molecule has 0 aromatic rings. The van der Waals surface area contributed by atoms with Crippen molar-refractivity contribution in [3.8, 4) is 0 Å². The van der Waals surface area contributed by atoms with Crippen molar-refractivity contribution in [1.82, 2.24) is 0 Å². The van der Waals surface area contributed by atoms with E-state index in [1.54, 1.807) is 0 Å². The molecule has 0 aromatic heterocycles. The van der Waals surface area contributed by atoms with Crippen molar-refractivity contribution < 1.29 is 0 Å². The summed E-state index contributed by atoms with van der Waals surface area (Å²) in [5.74, 6) is 0. The number of nitrogens with zero attached hydrogens (tertiary/aromatic N) is 1. The van der Waals surface area contributed by atoms with Crippen molar-refractivity contribution in [2.75, 3.05) is 0 Å². The summed E-state index contributed by atoms with van der Waals surface area (Å²) in [7, 11) is 0. The minimum absolute atomic E-state index is 0.102. The molecule has 0 aromatic carbocycles. The van der Waals surface area contributed by atoms with Gasteiger partial charge in [-0.3, -0.25) is 5.41 Å². The largest absolute Gasteiger partial charge is 0.272 e. The molecule has 0 atom stereocenters. The van der Waals surface area contributed by atoms with Crippen molar-refractivity contribution in [2.24, 2.45) is 4.99 Å². The molecule has 0 spiro atoms. The molecule has 0 heterocycles. The molecule has 0 aliphatic heterocycles. The number of aliphatic imine (C=N–C) groups is 1. The summed E-state index contributed by atoms with van der Waals surface area (Å²) in [6, 6.07) is 0. The number of allylic oxidation sites excluding steroid dienone is 1. The Bertz CT molecular complexity index is 189. The lowest BCUT2D eigenvalue weighted by Crippen LogP contribution is -1.83. The molecule has 0 unspecified atom stereocenters. The Balaban J connectivity index is 4.16. The maximum Gasteiger partial charge on any atom is 0.216 e. The number of amidine groups is 1. The van der Waals surface area contributed by atoms with Crippen LogP contribution in [0.5, 0.6) is 0 Å². The van der Waals surface area contributed by atoms with E-state index in [-0.39, 0.29) is 10.5 Å². The predicted molar refractivity (Wildman–Crippen MR) is 40.6 cm³/mol. The molecular formula is C5H4Cl2N2. The van der Waals surface area contributed by atoms with Gasteiger partial charge in [-0.2, -0.15) is 0 Å². The summed E-state index contributed by atoms with van der Waals surface area (Å²) in [5.41, 5.74) is 2.38. The minimum Gasteiger partial charge on any atom is -0.272 e. The first-order valence-electron chi connectivity index (χ1n) is 2.01. The Morgan fingerprint density at radius 2 is 2.22 bits per heavy atom. The number of halogens is 2. The molecule has 0 aliphatic rings. The van der Waals surface area contributed by atoms with Crippen molar-refractivity contribution in [1.29, 1.82) is 5.41 Å². The lowest BCUT2D eigenvalue weighted by atomic mass is 10.6. The smallest absolute Gasteiger partial charge is 0.216 e. The normalized spacial score (nSPS) is 10.2. The molecule has 1 N–H and O–H groups in total. The van der Waals surface area contributed by atoms with E-state index in [2.05, 4.69) is 17.3 Å². The minimum atomic E-state index is -0.355. The standard InChI is InChI=1S/C5H4Cl2N2/c1-2-3-4(6)9-5(7)8/h3,8H,1H2/b8-5?,9-4+. The van der Waals surface area contributed by atoms with Crippen molar-refractivity contribution in [3.63, 3.8) is 0 Å². The van der Waals surface area contributed by atoms with Gasteiger partial charge < -0.3 is 0 Å². The zero-order valence-electron chi connectivity index (χ0n) is 4.49. The summed E-state index contributed by atoms with van der Waals surface area (Å²) in [6.45, 7) is 3.25. The zero-order valence-corrected chi connectivity index (χ0v) is 6.00. The second-order valence-corrected chi connectivity index (χ2v) is 1.82. The molecule has 0 aliphatic carbocycles. The van der Waals surface area contributed by atoms with Crippen LogP contribution in [0.15, 0.2) is 23.4 Å². The Labute approximate surface area is 63.0 Å². The quantitative estimate of drug-likeness (QED) is 0.266. The first-order valence-corrected chi connectivity index (χ1v) is 2.76. The highest BCUT2D eigenvalue weighted by Gasteiger charge is 1.86. The number of nitrogens with one attached hydrogen (secondary N) is 1. The average Bonchev–Trinajstić information content (AvgIpc) is 1.63. The van der Waals surface area contributed by atoms with Crippen molar-refractivity contribution >= 4 is 33.7 Å². The van der Waals surface area contributed by atoms with Gasteiger partial charge in [-0.15, -0.1) is 5.73 Å². The highest BCUT2D eigenvalue weighted by molar-refractivity contribution is 6.72. The Kier molecular flexibility index (Phi) is 4.06. The van der Waals surface area contributed by atoms with Crippen LogP contribution in [0.1, 0.15) is 0 Å². The van der Waals surface area contributed by atoms with E-state index in [9.17, 15) is 0 Å². The number of hydrogen-bond acceptors (Lipinski definition) is 1. The maximum atomic E-state index is 6.63. The van der Waals surface area contributed by atoms with Gasteiger partial charge in [0.2, 0.25) is 5.29 Å². The molecule has 0 saturated carbocycles. The predicted octanol–water partition coefficient (Wildman–Crippen LogP) is 2.14. The van der Waals surface area contributed by atoms with Crippen LogP contribution in [0.4, 0.5) is 0 Å². The van der Waals surface area contributed by atoms with E-state index in [1.165, 1.54) is 6.08 Å². The number of hydrogen-bond donors (Lipinski definition) is 1. The second kappa shape index (κ2) is 4.33. The molecule has 9 heavy (non-hydrogen) atoms. The topological polar surface area (TPSA) is 36.2 Å². The molecular weight excluding hydrogens is 159 g/mol. The first kappa shape index (κ1) is 8.44. The summed E-state index contributed by atoms with van der Waals surface area (Å²) < 4.78 is 0. The summed E-state index contributed by atoms with van der Waals surface area (Å²) >= 11 is 10.4. The summed E-state index contributed by atoms with van der Waals surface area (Å²) in [6.07, 6.45) is 1.32. The van der Waals surface area contributed by atoms with Gasteiger partial charge in [0.25, 0.3) is 0 Å². The second-order valence-electron chi connectivity index (χ2n) is 1.07. The van der Waals surface area contributed by atoms with E-state index in [4.69, 9.17) is 28.6 Å². The molecule has 0 bridgehead atoms. The van der Waals surface area contributed by atoms with Gasteiger partial charge in [-0.25, -0.2) is 4.99 Å². The summed E-state index contributed by atoms with van der Waals surface area (Å²) in [4.78, 5) is 3.34. The third-order valence-corrected chi connectivity index (χ3v) is 0.704. The third-order valence-electron chi connectivity index (χ3n) is 0.426. The highest BCUT2D eigenvalue weighted by atomic mass is 35.5. The Morgan fingerprint density at radius 3 is 2.56 bits per heavy atom. The molecule has 0 radical (unpaired) electrons. The van der Waals surface area contributed by atoms with E-state index >= 15 is 0 Å². The lowest BCUT2D eigenvalue weighted by molar-refractivity contribution is 1.50. The van der Waals surface area contributed by atoms with Gasteiger partial charge in [0.15, 0.2) is 0 Å². The fourth-order valence-electron chi connectivity index (χ4n) is 0.210. The Morgan fingerprint density at radius 1 is 1.67 bits per heavy atom. The van der Waals surface area contributed by atoms with Crippen LogP contribution in [0.25, 0.3) is 0 Å². The van der Waals surface area contributed by atoms with Crippen LogP contribution in [0, 0.1) is 5.41 Å². The first-order chi connectivity index (χ1) is 4.16. The van der Waals surface area contributed by atoms with Gasteiger partial charge in [-0.1, -0.05) is 18.2 Å². The maximum absolute atomic E-state index is 6.63. The molecule has 4 heteroatoms. The SMILES string of the molecule is C=C=C/C(Cl)=N\C(=N)Cl. The third kappa shape index (κ3) is 5.31. The van der Waals surface area contributed by atoms with Gasteiger partial charge in [-0.05, 0) is 11.6 Å². The fraction of sp³-hybridized carbons (Fsp3) is 0. The van der Waals surface area contributed by atoms with Crippen LogP contribution in [-0.4, -0.2) is 10.5 Å². The van der Waals surface area contributed by atoms with E-state index in [1.807, 2.05) is 0 Å². The molecule has 0 saturated heterocycles. The lowest BCUT2D eigenvalue weighted by Gasteiger charge is -1.81. The van der Waals surface area contributed by atoms with Crippen LogP contribution in [-0.2, 0) is 0 Å². The molecule has 0 rings (SSSR count). The molecule has 2 nitrogen and oxygen atoms in total. The van der Waals surface area contributed by atoms with Crippen molar-refractivity contribution in [2.45, 2.75) is 0 Å². The monoisotopic (exact) mass is 162 g/mol. The van der Waals surface area contributed by atoms with Crippen LogP contribution < -0.4 is 0 Å². The highest BCUT2D eigenvalue weighted by Crippen LogP contribution is 1.90. The van der Waals surface area contributed by atoms with Gasteiger partial charge in [0.05, 0.1) is 0 Å². The van der Waals surface area contributed by atoms with Gasteiger partial charge in [0, 0.05) is 6.08 Å². The van der Waals surface area contributed by atoms with E-state index in [0.29, 0.717) is 0 Å². The molecule has 48 valence electrons. The average molecular weight is 163 g/mol. The van der Waals surface area contributed by atoms with Crippen LogP contribution in [0.2, 0.25) is 0 Å². The molecule has 0 amide bonds. The van der Waals surface area contributed by atoms with Crippen LogP contribution >= 0.6 is 23.2 Å². The van der Waals surface area contributed by atoms with Crippen molar-refractivity contribution in [3.05, 3.63) is 18.4 Å². The van der Waals surface area contributed by atoms with E-state index in [0.717, 1.165) is 0 Å². The summed E-state index contributed by atoms with van der Waals surface area (Å²) in [5, 5.41) is 6.38. The van der Waals surface area contributed by atoms with Crippen LogP contribution in [0.3, 0.4) is 0 Å².